The molecule has 1 atom stereocenters. The zero-order valence-corrected chi connectivity index (χ0v) is 11.8. The Morgan fingerprint density at radius 1 is 1.11 bits per heavy atom. The zero-order chi connectivity index (χ0) is 13.7. The van der Waals surface area contributed by atoms with Gasteiger partial charge in [-0.25, -0.2) is 0 Å². The first-order chi connectivity index (χ1) is 9.20. The summed E-state index contributed by atoms with van der Waals surface area (Å²) >= 11 is 3.41. The lowest BCUT2D eigenvalue weighted by Crippen LogP contribution is -2.29. The third-order valence-corrected chi connectivity index (χ3v) is 3.44. The van der Waals surface area contributed by atoms with Crippen molar-refractivity contribution in [3.8, 4) is 5.75 Å². The SMILES string of the molecule is O=C(NC(CBr)c1ccccc1)c1ccc(O)cc1. The fourth-order valence-electron chi connectivity index (χ4n) is 1.75. The Hall–Kier alpha value is -1.81. The van der Waals surface area contributed by atoms with Crippen LogP contribution in [-0.4, -0.2) is 16.3 Å². The van der Waals surface area contributed by atoms with Crippen molar-refractivity contribution < 1.29 is 9.90 Å². The standard InChI is InChI=1S/C15H14BrNO2/c16-10-14(11-4-2-1-3-5-11)17-15(19)12-6-8-13(18)9-7-12/h1-9,14,18H,10H2,(H,17,19). The summed E-state index contributed by atoms with van der Waals surface area (Å²) in [4.78, 5) is 12.1. The minimum Gasteiger partial charge on any atom is -0.508 e. The summed E-state index contributed by atoms with van der Waals surface area (Å²) in [5.41, 5.74) is 1.58. The van der Waals surface area contributed by atoms with E-state index >= 15 is 0 Å². The molecule has 0 spiro atoms. The first kappa shape index (κ1) is 13.6. The Bertz CT molecular complexity index is 540. The minimum absolute atomic E-state index is 0.0810. The number of alkyl halides is 1. The molecule has 19 heavy (non-hydrogen) atoms. The molecule has 0 aliphatic carbocycles. The molecule has 0 aliphatic rings. The van der Waals surface area contributed by atoms with Crippen molar-refractivity contribution in [3.05, 3.63) is 65.7 Å². The van der Waals surface area contributed by atoms with Crippen LogP contribution in [0.1, 0.15) is 22.0 Å². The van der Waals surface area contributed by atoms with Crippen LogP contribution in [0.2, 0.25) is 0 Å². The van der Waals surface area contributed by atoms with E-state index in [0.717, 1.165) is 5.56 Å². The Kier molecular flexibility index (Phi) is 4.58. The highest BCUT2D eigenvalue weighted by atomic mass is 79.9. The van der Waals surface area contributed by atoms with Crippen molar-refractivity contribution in [2.75, 3.05) is 5.33 Å². The molecule has 2 aromatic rings. The summed E-state index contributed by atoms with van der Waals surface area (Å²) in [7, 11) is 0. The van der Waals surface area contributed by atoms with Crippen LogP contribution in [0.5, 0.6) is 5.75 Å². The molecule has 4 heteroatoms. The molecule has 3 nitrogen and oxygen atoms in total. The van der Waals surface area contributed by atoms with E-state index in [0.29, 0.717) is 10.9 Å². The topological polar surface area (TPSA) is 49.3 Å². The smallest absolute Gasteiger partial charge is 0.251 e. The summed E-state index contributed by atoms with van der Waals surface area (Å²) < 4.78 is 0. The van der Waals surface area contributed by atoms with Gasteiger partial charge in [0, 0.05) is 10.9 Å². The monoisotopic (exact) mass is 319 g/mol. The molecule has 0 saturated heterocycles. The number of hydrogen-bond acceptors (Lipinski definition) is 2. The van der Waals surface area contributed by atoms with Crippen LogP contribution in [0.25, 0.3) is 0 Å². The number of carbonyl (C=O) groups is 1. The maximum absolute atomic E-state index is 12.1. The number of halogens is 1. The molecule has 0 aliphatic heterocycles. The van der Waals surface area contributed by atoms with Crippen molar-refractivity contribution in [3.63, 3.8) is 0 Å². The van der Waals surface area contributed by atoms with Gasteiger partial charge in [0.15, 0.2) is 0 Å². The van der Waals surface area contributed by atoms with Crippen molar-refractivity contribution in [1.82, 2.24) is 5.32 Å². The second-order valence-corrected chi connectivity index (χ2v) is 4.79. The number of nitrogens with one attached hydrogen (secondary N) is 1. The summed E-state index contributed by atoms with van der Waals surface area (Å²) in [6.45, 7) is 0. The number of benzene rings is 2. The predicted octanol–water partition coefficient (Wildman–Crippen LogP) is 3.26. The number of rotatable bonds is 4. The Balaban J connectivity index is 2.10. The second kappa shape index (κ2) is 6.38. The first-order valence-corrected chi connectivity index (χ1v) is 7.03. The first-order valence-electron chi connectivity index (χ1n) is 5.91. The number of carbonyl (C=O) groups excluding carboxylic acids is 1. The third-order valence-electron chi connectivity index (χ3n) is 2.79. The quantitative estimate of drug-likeness (QED) is 0.850. The van der Waals surface area contributed by atoms with Crippen molar-refractivity contribution in [2.45, 2.75) is 6.04 Å². The Labute approximate surface area is 120 Å². The highest BCUT2D eigenvalue weighted by molar-refractivity contribution is 9.09. The fourth-order valence-corrected chi connectivity index (χ4v) is 2.29. The molecular weight excluding hydrogens is 306 g/mol. The molecular formula is C15H14BrNO2. The molecule has 0 aromatic heterocycles. The van der Waals surface area contributed by atoms with Crippen LogP contribution in [0, 0.1) is 0 Å². The van der Waals surface area contributed by atoms with Gasteiger partial charge in [-0.3, -0.25) is 4.79 Å². The Morgan fingerprint density at radius 3 is 2.32 bits per heavy atom. The lowest BCUT2D eigenvalue weighted by molar-refractivity contribution is 0.0941. The summed E-state index contributed by atoms with van der Waals surface area (Å²) in [5, 5.41) is 12.8. The van der Waals surface area contributed by atoms with Gasteiger partial charge in [-0.05, 0) is 29.8 Å². The van der Waals surface area contributed by atoms with Crippen molar-refractivity contribution in [2.24, 2.45) is 0 Å². The molecule has 98 valence electrons. The van der Waals surface area contributed by atoms with Gasteiger partial charge >= 0.3 is 0 Å². The van der Waals surface area contributed by atoms with E-state index in [2.05, 4.69) is 21.2 Å². The van der Waals surface area contributed by atoms with E-state index in [9.17, 15) is 9.90 Å². The van der Waals surface area contributed by atoms with Gasteiger partial charge in [-0.15, -0.1) is 0 Å². The molecule has 0 fully saturated rings. The van der Waals surface area contributed by atoms with Crippen LogP contribution in [-0.2, 0) is 0 Å². The zero-order valence-electron chi connectivity index (χ0n) is 10.2. The molecule has 0 bridgehead atoms. The molecule has 2 aromatic carbocycles. The van der Waals surface area contributed by atoms with Crippen molar-refractivity contribution >= 4 is 21.8 Å². The van der Waals surface area contributed by atoms with E-state index in [1.807, 2.05) is 30.3 Å². The average molecular weight is 320 g/mol. The van der Waals surface area contributed by atoms with E-state index < -0.39 is 0 Å². The van der Waals surface area contributed by atoms with E-state index in [4.69, 9.17) is 0 Å². The van der Waals surface area contributed by atoms with Crippen molar-refractivity contribution in [1.29, 1.82) is 0 Å². The molecule has 0 heterocycles. The number of phenolic OH excluding ortho intramolecular Hbond substituents is 1. The minimum atomic E-state index is -0.159. The second-order valence-electron chi connectivity index (χ2n) is 4.14. The van der Waals surface area contributed by atoms with E-state index in [-0.39, 0.29) is 17.7 Å². The number of aromatic hydroxyl groups is 1. The molecule has 2 N–H and O–H groups in total. The lowest BCUT2D eigenvalue weighted by atomic mass is 10.1. The van der Waals surface area contributed by atoms with Gasteiger partial charge in [0.05, 0.1) is 6.04 Å². The average Bonchev–Trinajstić information content (AvgIpc) is 2.46. The van der Waals surface area contributed by atoms with Crippen LogP contribution in [0.4, 0.5) is 0 Å². The van der Waals surface area contributed by atoms with E-state index in [1.54, 1.807) is 12.1 Å². The molecule has 2 rings (SSSR count). The summed E-state index contributed by atoms with van der Waals surface area (Å²) in [5.74, 6) is -0.00930. The van der Waals surface area contributed by atoms with Gasteiger partial charge in [0.25, 0.3) is 5.91 Å². The highest BCUT2D eigenvalue weighted by Crippen LogP contribution is 2.16. The molecule has 0 saturated carbocycles. The maximum Gasteiger partial charge on any atom is 0.251 e. The van der Waals surface area contributed by atoms with Crippen LogP contribution in [0.3, 0.4) is 0 Å². The number of hydrogen-bond donors (Lipinski definition) is 2. The molecule has 1 amide bonds. The van der Waals surface area contributed by atoms with E-state index in [1.165, 1.54) is 12.1 Å². The van der Waals surface area contributed by atoms with Crippen LogP contribution >= 0.6 is 15.9 Å². The maximum atomic E-state index is 12.1. The van der Waals surface area contributed by atoms with Crippen LogP contribution < -0.4 is 5.32 Å². The molecule has 0 radical (unpaired) electrons. The largest absolute Gasteiger partial charge is 0.508 e. The van der Waals surface area contributed by atoms with Gasteiger partial charge in [0.2, 0.25) is 0 Å². The van der Waals surface area contributed by atoms with Gasteiger partial charge in [0.1, 0.15) is 5.75 Å². The van der Waals surface area contributed by atoms with Crippen LogP contribution in [0.15, 0.2) is 54.6 Å². The fraction of sp³-hybridized carbons (Fsp3) is 0.133. The number of phenols is 1. The summed E-state index contributed by atoms with van der Waals surface area (Å²) in [6.07, 6.45) is 0. The third kappa shape index (κ3) is 3.58. The highest BCUT2D eigenvalue weighted by Gasteiger charge is 2.14. The number of amides is 1. The lowest BCUT2D eigenvalue weighted by Gasteiger charge is -2.16. The van der Waals surface area contributed by atoms with Gasteiger partial charge < -0.3 is 10.4 Å². The Morgan fingerprint density at radius 2 is 1.74 bits per heavy atom. The summed E-state index contributed by atoms with van der Waals surface area (Å²) in [6, 6.07) is 15.9. The van der Waals surface area contributed by atoms with Gasteiger partial charge in [-0.2, -0.15) is 0 Å². The van der Waals surface area contributed by atoms with Gasteiger partial charge in [-0.1, -0.05) is 46.3 Å². The normalized spacial score (nSPS) is 11.8. The predicted molar refractivity (Wildman–Crippen MR) is 78.6 cm³/mol. The molecule has 1 unspecified atom stereocenters.